The summed E-state index contributed by atoms with van der Waals surface area (Å²) in [4.78, 5) is 0. The first kappa shape index (κ1) is 14.5. The van der Waals surface area contributed by atoms with Crippen molar-refractivity contribution in [3.8, 4) is 0 Å². The predicted octanol–water partition coefficient (Wildman–Crippen LogP) is 3.45. The van der Waals surface area contributed by atoms with Crippen LogP contribution in [0, 0.1) is 5.92 Å². The van der Waals surface area contributed by atoms with E-state index < -0.39 is 0 Å². The second-order valence-corrected chi connectivity index (χ2v) is 5.82. The summed E-state index contributed by atoms with van der Waals surface area (Å²) in [5.41, 5.74) is 2.74. The molecule has 2 heteroatoms. The van der Waals surface area contributed by atoms with Gasteiger partial charge in [-0.3, -0.25) is 0 Å². The van der Waals surface area contributed by atoms with Gasteiger partial charge in [0.25, 0.3) is 0 Å². The highest BCUT2D eigenvalue weighted by Gasteiger charge is 2.25. The third kappa shape index (κ3) is 3.80. The number of hydrogen-bond donors (Lipinski definition) is 2. The average molecular weight is 261 g/mol. The van der Waals surface area contributed by atoms with Crippen LogP contribution < -0.4 is 5.32 Å². The summed E-state index contributed by atoms with van der Waals surface area (Å²) in [6.07, 6.45) is 6.01. The molecule has 0 amide bonds. The maximum atomic E-state index is 9.47. The third-order valence-electron chi connectivity index (χ3n) is 4.50. The van der Waals surface area contributed by atoms with Gasteiger partial charge in [0.05, 0.1) is 0 Å². The average Bonchev–Trinajstić information content (AvgIpc) is 2.48. The molecule has 0 bridgehead atoms. The van der Waals surface area contributed by atoms with Crippen LogP contribution in [-0.2, 0) is 6.42 Å². The molecule has 0 heterocycles. The smallest absolute Gasteiger partial charge is 0.0474 e. The van der Waals surface area contributed by atoms with E-state index in [0.29, 0.717) is 24.6 Å². The van der Waals surface area contributed by atoms with Crippen LogP contribution in [0.1, 0.15) is 56.7 Å². The molecule has 0 spiro atoms. The van der Waals surface area contributed by atoms with E-state index >= 15 is 0 Å². The first-order valence-electron chi connectivity index (χ1n) is 7.70. The highest BCUT2D eigenvalue weighted by Crippen LogP contribution is 2.26. The fourth-order valence-electron chi connectivity index (χ4n) is 3.10. The fourth-order valence-corrected chi connectivity index (χ4v) is 3.10. The maximum Gasteiger partial charge on any atom is 0.0474 e. The molecule has 1 aromatic carbocycles. The number of rotatable bonds is 5. The zero-order valence-corrected chi connectivity index (χ0v) is 12.2. The maximum absolute atomic E-state index is 9.47. The Labute approximate surface area is 117 Å². The molecule has 1 fully saturated rings. The third-order valence-corrected chi connectivity index (χ3v) is 4.50. The first-order valence-corrected chi connectivity index (χ1v) is 7.70. The lowest BCUT2D eigenvalue weighted by Gasteiger charge is -2.33. The minimum absolute atomic E-state index is 0.319. The molecular formula is C17H27NO. The lowest BCUT2D eigenvalue weighted by Crippen LogP contribution is -2.41. The Morgan fingerprint density at radius 1 is 1.21 bits per heavy atom. The molecule has 0 saturated heterocycles. The number of hydrogen-bond acceptors (Lipinski definition) is 2. The van der Waals surface area contributed by atoms with Crippen LogP contribution in [0.15, 0.2) is 24.3 Å². The lowest BCUT2D eigenvalue weighted by molar-refractivity contribution is 0.147. The number of aliphatic hydroxyl groups is 1. The molecule has 3 atom stereocenters. The molecule has 1 aromatic rings. The first-order chi connectivity index (χ1) is 9.24. The Morgan fingerprint density at radius 3 is 2.53 bits per heavy atom. The van der Waals surface area contributed by atoms with Gasteiger partial charge < -0.3 is 10.4 Å². The van der Waals surface area contributed by atoms with Gasteiger partial charge in [-0.1, -0.05) is 44.0 Å². The molecule has 2 rings (SSSR count). The molecule has 0 aromatic heterocycles. The minimum atomic E-state index is 0.319. The molecule has 1 saturated carbocycles. The van der Waals surface area contributed by atoms with E-state index in [0.717, 1.165) is 12.8 Å². The second kappa shape index (κ2) is 7.06. The Kier molecular flexibility index (Phi) is 5.41. The summed E-state index contributed by atoms with van der Waals surface area (Å²) < 4.78 is 0. The molecule has 19 heavy (non-hydrogen) atoms. The largest absolute Gasteiger partial charge is 0.396 e. The molecule has 1 aliphatic carbocycles. The molecule has 3 unspecified atom stereocenters. The van der Waals surface area contributed by atoms with E-state index in [2.05, 4.69) is 43.4 Å². The summed E-state index contributed by atoms with van der Waals surface area (Å²) >= 11 is 0. The fraction of sp³-hybridized carbons (Fsp3) is 0.647. The Hall–Kier alpha value is -0.860. The Bertz CT molecular complexity index is 373. The summed E-state index contributed by atoms with van der Waals surface area (Å²) in [7, 11) is 0. The normalized spacial score (nSPS) is 25.2. The van der Waals surface area contributed by atoms with Gasteiger partial charge >= 0.3 is 0 Å². The zero-order chi connectivity index (χ0) is 13.7. The van der Waals surface area contributed by atoms with Crippen molar-refractivity contribution in [3.05, 3.63) is 35.4 Å². The van der Waals surface area contributed by atoms with Gasteiger partial charge in [0.2, 0.25) is 0 Å². The molecule has 2 nitrogen and oxygen atoms in total. The van der Waals surface area contributed by atoms with Crippen LogP contribution in [0.2, 0.25) is 0 Å². The summed E-state index contributed by atoms with van der Waals surface area (Å²) in [6.45, 7) is 4.73. The predicted molar refractivity (Wildman–Crippen MR) is 80.2 cm³/mol. The number of benzene rings is 1. The van der Waals surface area contributed by atoms with E-state index in [9.17, 15) is 5.11 Å². The molecule has 0 aliphatic heterocycles. The van der Waals surface area contributed by atoms with Crippen molar-refractivity contribution in [2.75, 3.05) is 6.61 Å². The Balaban J connectivity index is 1.96. The van der Waals surface area contributed by atoms with E-state index in [1.54, 1.807) is 0 Å². The summed E-state index contributed by atoms with van der Waals surface area (Å²) in [5, 5.41) is 13.2. The second-order valence-electron chi connectivity index (χ2n) is 5.82. The van der Waals surface area contributed by atoms with Crippen LogP contribution in [0.25, 0.3) is 0 Å². The van der Waals surface area contributed by atoms with Crippen LogP contribution in [0.3, 0.4) is 0 Å². The number of aliphatic hydroxyl groups excluding tert-OH is 1. The van der Waals surface area contributed by atoms with Gasteiger partial charge in [0.15, 0.2) is 0 Å². The van der Waals surface area contributed by atoms with Crippen LogP contribution in [0.5, 0.6) is 0 Å². The van der Waals surface area contributed by atoms with Gasteiger partial charge in [-0.05, 0) is 43.2 Å². The molecule has 1 aliphatic rings. The van der Waals surface area contributed by atoms with E-state index in [4.69, 9.17) is 0 Å². The van der Waals surface area contributed by atoms with Gasteiger partial charge in [0.1, 0.15) is 0 Å². The van der Waals surface area contributed by atoms with Crippen molar-refractivity contribution in [3.63, 3.8) is 0 Å². The SMILES string of the molecule is CCc1ccc(C(C)NC2CCCCC2CO)cc1. The molecule has 0 radical (unpaired) electrons. The lowest BCUT2D eigenvalue weighted by atomic mass is 9.84. The molecule has 2 N–H and O–H groups in total. The standard InChI is InChI=1S/C17H27NO/c1-3-14-8-10-15(11-9-14)13(2)18-17-7-5-4-6-16(17)12-19/h8-11,13,16-19H,3-7,12H2,1-2H3. The quantitative estimate of drug-likeness (QED) is 0.851. The number of aryl methyl sites for hydroxylation is 1. The van der Waals surface area contributed by atoms with E-state index in [-0.39, 0.29) is 0 Å². The Morgan fingerprint density at radius 2 is 1.89 bits per heavy atom. The van der Waals surface area contributed by atoms with Crippen molar-refractivity contribution in [2.45, 2.75) is 58.0 Å². The van der Waals surface area contributed by atoms with Crippen molar-refractivity contribution >= 4 is 0 Å². The van der Waals surface area contributed by atoms with Gasteiger partial charge in [-0.25, -0.2) is 0 Å². The van der Waals surface area contributed by atoms with Crippen molar-refractivity contribution in [1.29, 1.82) is 0 Å². The summed E-state index contributed by atoms with van der Waals surface area (Å²) in [5.74, 6) is 0.436. The molecule has 106 valence electrons. The van der Waals surface area contributed by atoms with Gasteiger partial charge in [-0.2, -0.15) is 0 Å². The van der Waals surface area contributed by atoms with Gasteiger partial charge in [-0.15, -0.1) is 0 Å². The van der Waals surface area contributed by atoms with Crippen molar-refractivity contribution < 1.29 is 5.11 Å². The van der Waals surface area contributed by atoms with Crippen LogP contribution in [0.4, 0.5) is 0 Å². The van der Waals surface area contributed by atoms with Crippen molar-refractivity contribution in [2.24, 2.45) is 5.92 Å². The molecular weight excluding hydrogens is 234 g/mol. The summed E-state index contributed by atoms with van der Waals surface area (Å²) in [6, 6.07) is 9.73. The highest BCUT2D eigenvalue weighted by atomic mass is 16.3. The minimum Gasteiger partial charge on any atom is -0.396 e. The van der Waals surface area contributed by atoms with Gasteiger partial charge in [0, 0.05) is 18.7 Å². The number of nitrogens with one attached hydrogen (secondary N) is 1. The topological polar surface area (TPSA) is 32.3 Å². The van der Waals surface area contributed by atoms with Crippen molar-refractivity contribution in [1.82, 2.24) is 5.32 Å². The zero-order valence-electron chi connectivity index (χ0n) is 12.2. The monoisotopic (exact) mass is 261 g/mol. The van der Waals surface area contributed by atoms with Crippen LogP contribution >= 0.6 is 0 Å². The van der Waals surface area contributed by atoms with E-state index in [1.807, 2.05) is 0 Å². The van der Waals surface area contributed by atoms with E-state index in [1.165, 1.54) is 30.4 Å². The van der Waals surface area contributed by atoms with Crippen LogP contribution in [-0.4, -0.2) is 17.8 Å². The highest BCUT2D eigenvalue weighted by molar-refractivity contribution is 5.24.